The van der Waals surface area contributed by atoms with E-state index >= 15 is 0 Å². The van der Waals surface area contributed by atoms with Crippen LogP contribution in [0.1, 0.15) is 27.2 Å². The summed E-state index contributed by atoms with van der Waals surface area (Å²) in [6.45, 7) is 0.514. The number of carbonyl (C=O) groups excluding carboxylic acids is 1. The number of halogens is 4. The summed E-state index contributed by atoms with van der Waals surface area (Å²) in [5, 5.41) is 4.72. The van der Waals surface area contributed by atoms with Crippen molar-refractivity contribution in [1.82, 2.24) is 9.88 Å². The molecule has 8 heteroatoms. The summed E-state index contributed by atoms with van der Waals surface area (Å²) in [5.74, 6) is -0.335. The minimum absolute atomic E-state index is 0.00802. The Bertz CT molecular complexity index is 1200. The van der Waals surface area contributed by atoms with Crippen molar-refractivity contribution in [2.75, 3.05) is 0 Å². The fourth-order valence-corrected chi connectivity index (χ4v) is 4.97. The summed E-state index contributed by atoms with van der Waals surface area (Å²) >= 11 is 5.07. The van der Waals surface area contributed by atoms with E-state index < -0.39 is 11.7 Å². The Morgan fingerprint density at radius 1 is 1.03 bits per heavy atom. The molecule has 0 fully saturated rings. The first-order chi connectivity index (χ1) is 14.3. The molecule has 0 aliphatic rings. The number of hydrogen-bond donors (Lipinski definition) is 1. The van der Waals surface area contributed by atoms with Crippen molar-refractivity contribution in [3.8, 4) is 0 Å². The molecule has 0 radical (unpaired) electrons. The maximum Gasteiger partial charge on any atom is 0.416 e. The van der Waals surface area contributed by atoms with E-state index in [1.54, 1.807) is 6.07 Å². The number of nitrogens with zero attached hydrogens (tertiary/aromatic N) is 1. The third kappa shape index (κ3) is 4.29. The summed E-state index contributed by atoms with van der Waals surface area (Å²) in [6.07, 6.45) is -4.42. The molecule has 0 saturated heterocycles. The molecule has 154 valence electrons. The van der Waals surface area contributed by atoms with Crippen molar-refractivity contribution < 1.29 is 18.0 Å². The number of fused-ring (bicyclic) bond motifs is 1. The third-order valence-electron chi connectivity index (χ3n) is 4.70. The van der Waals surface area contributed by atoms with Gasteiger partial charge in [0.25, 0.3) is 5.91 Å². The number of amides is 1. The highest BCUT2D eigenvalue weighted by Gasteiger charge is 2.30. The standard InChI is InChI=1S/C22H16BrF3N2OS/c23-17-13-30-19-10-18(28(20(17)19)12-14-5-2-1-3-6-14)21(29)27-11-15-7-4-8-16(9-15)22(24,25)26/h1-10,13H,11-12H2,(H,27,29). The number of carbonyl (C=O) groups is 1. The second kappa shape index (κ2) is 8.28. The van der Waals surface area contributed by atoms with Gasteiger partial charge in [0.15, 0.2) is 0 Å². The molecule has 4 aromatic rings. The predicted octanol–water partition coefficient (Wildman–Crippen LogP) is 6.46. The molecule has 0 saturated carbocycles. The van der Waals surface area contributed by atoms with E-state index in [1.165, 1.54) is 17.4 Å². The number of rotatable bonds is 5. The predicted molar refractivity (Wildman–Crippen MR) is 116 cm³/mol. The van der Waals surface area contributed by atoms with Crippen LogP contribution in [0, 0.1) is 0 Å². The zero-order chi connectivity index (χ0) is 21.3. The van der Waals surface area contributed by atoms with Gasteiger partial charge < -0.3 is 9.88 Å². The molecule has 4 rings (SSSR count). The molecule has 0 bridgehead atoms. The molecule has 30 heavy (non-hydrogen) atoms. The molecule has 0 atom stereocenters. The van der Waals surface area contributed by atoms with E-state index in [0.29, 0.717) is 17.8 Å². The Balaban J connectivity index is 1.60. The van der Waals surface area contributed by atoms with Gasteiger partial charge in [-0.05, 0) is 45.3 Å². The highest BCUT2D eigenvalue weighted by Crippen LogP contribution is 2.34. The van der Waals surface area contributed by atoms with Crippen molar-refractivity contribution in [3.05, 3.63) is 92.9 Å². The number of aromatic nitrogens is 1. The van der Waals surface area contributed by atoms with Gasteiger partial charge in [-0.3, -0.25) is 4.79 Å². The van der Waals surface area contributed by atoms with Crippen LogP contribution in [0.4, 0.5) is 13.2 Å². The highest BCUT2D eigenvalue weighted by atomic mass is 79.9. The Morgan fingerprint density at radius 2 is 1.77 bits per heavy atom. The van der Waals surface area contributed by atoms with Crippen LogP contribution < -0.4 is 5.32 Å². The summed E-state index contributed by atoms with van der Waals surface area (Å²) < 4.78 is 42.5. The Kier molecular flexibility index (Phi) is 5.71. The minimum atomic E-state index is -4.42. The van der Waals surface area contributed by atoms with Crippen LogP contribution in [0.2, 0.25) is 0 Å². The van der Waals surface area contributed by atoms with Crippen LogP contribution >= 0.6 is 27.3 Å². The van der Waals surface area contributed by atoms with Crippen molar-refractivity contribution in [2.24, 2.45) is 0 Å². The zero-order valence-electron chi connectivity index (χ0n) is 15.5. The van der Waals surface area contributed by atoms with Gasteiger partial charge in [-0.2, -0.15) is 13.2 Å². The van der Waals surface area contributed by atoms with Crippen LogP contribution in [-0.2, 0) is 19.3 Å². The van der Waals surface area contributed by atoms with Gasteiger partial charge in [0.05, 0.1) is 20.3 Å². The van der Waals surface area contributed by atoms with Crippen LogP contribution in [-0.4, -0.2) is 10.5 Å². The van der Waals surface area contributed by atoms with Gasteiger partial charge in [0.1, 0.15) is 5.69 Å². The maximum absolute atomic E-state index is 12.9. The smallest absolute Gasteiger partial charge is 0.347 e. The first kappa shape index (κ1) is 20.7. The van der Waals surface area contributed by atoms with E-state index in [0.717, 1.165) is 32.4 Å². The van der Waals surface area contributed by atoms with Crippen molar-refractivity contribution in [1.29, 1.82) is 0 Å². The quantitative estimate of drug-likeness (QED) is 0.340. The van der Waals surface area contributed by atoms with Crippen LogP contribution in [0.5, 0.6) is 0 Å². The lowest BCUT2D eigenvalue weighted by Crippen LogP contribution is -2.26. The lowest BCUT2D eigenvalue weighted by molar-refractivity contribution is -0.137. The summed E-state index contributed by atoms with van der Waals surface area (Å²) in [6, 6.07) is 16.6. The van der Waals surface area contributed by atoms with Crippen LogP contribution in [0.25, 0.3) is 10.2 Å². The van der Waals surface area contributed by atoms with Crippen molar-refractivity contribution in [3.63, 3.8) is 0 Å². The molecule has 2 heterocycles. The minimum Gasteiger partial charge on any atom is -0.347 e. The summed E-state index contributed by atoms with van der Waals surface area (Å²) in [4.78, 5) is 12.9. The molecule has 1 amide bonds. The number of benzene rings is 2. The topological polar surface area (TPSA) is 34.0 Å². The monoisotopic (exact) mass is 492 g/mol. The second-order valence-electron chi connectivity index (χ2n) is 6.78. The lowest BCUT2D eigenvalue weighted by atomic mass is 10.1. The summed E-state index contributed by atoms with van der Waals surface area (Å²) in [7, 11) is 0. The number of thiophene rings is 1. The molecule has 2 aromatic carbocycles. The highest BCUT2D eigenvalue weighted by molar-refractivity contribution is 9.10. The second-order valence-corrected chi connectivity index (χ2v) is 8.54. The van der Waals surface area contributed by atoms with E-state index in [9.17, 15) is 18.0 Å². The molecule has 0 unspecified atom stereocenters. The third-order valence-corrected chi connectivity index (χ3v) is 6.53. The van der Waals surface area contributed by atoms with E-state index in [1.807, 2.05) is 46.3 Å². The molecule has 1 N–H and O–H groups in total. The van der Waals surface area contributed by atoms with Crippen LogP contribution in [0.15, 0.2) is 70.5 Å². The average molecular weight is 493 g/mol. The average Bonchev–Trinajstić information content (AvgIpc) is 3.27. The van der Waals surface area contributed by atoms with Gasteiger partial charge in [-0.15, -0.1) is 11.3 Å². The van der Waals surface area contributed by atoms with Gasteiger partial charge in [0.2, 0.25) is 0 Å². The Hall–Kier alpha value is -2.58. The molecular formula is C22H16BrF3N2OS. The lowest BCUT2D eigenvalue weighted by Gasteiger charge is -2.12. The molecule has 3 nitrogen and oxygen atoms in total. The van der Waals surface area contributed by atoms with Gasteiger partial charge in [-0.25, -0.2) is 0 Å². The molecule has 0 spiro atoms. The number of hydrogen-bond acceptors (Lipinski definition) is 2. The fraction of sp³-hybridized carbons (Fsp3) is 0.136. The van der Waals surface area contributed by atoms with Gasteiger partial charge >= 0.3 is 6.18 Å². The van der Waals surface area contributed by atoms with Crippen molar-refractivity contribution >= 4 is 43.4 Å². The largest absolute Gasteiger partial charge is 0.416 e. The molecule has 0 aliphatic heterocycles. The molecule has 2 aromatic heterocycles. The molecule has 0 aliphatic carbocycles. The Labute approximate surface area is 183 Å². The zero-order valence-corrected chi connectivity index (χ0v) is 17.9. The first-order valence-corrected chi connectivity index (χ1v) is 10.7. The maximum atomic E-state index is 12.9. The SMILES string of the molecule is O=C(NCc1cccc(C(F)(F)F)c1)c1cc2scc(Br)c2n1Cc1ccccc1. The fourth-order valence-electron chi connectivity index (χ4n) is 3.28. The number of alkyl halides is 3. The summed E-state index contributed by atoms with van der Waals surface area (Å²) in [5.41, 5.74) is 2.09. The van der Waals surface area contributed by atoms with Crippen molar-refractivity contribution in [2.45, 2.75) is 19.3 Å². The Morgan fingerprint density at radius 3 is 2.50 bits per heavy atom. The van der Waals surface area contributed by atoms with E-state index in [2.05, 4.69) is 21.2 Å². The van der Waals surface area contributed by atoms with E-state index in [-0.39, 0.29) is 12.5 Å². The van der Waals surface area contributed by atoms with E-state index in [4.69, 9.17) is 0 Å². The number of nitrogens with one attached hydrogen (secondary N) is 1. The first-order valence-electron chi connectivity index (χ1n) is 9.07. The molecular weight excluding hydrogens is 477 g/mol. The van der Waals surface area contributed by atoms with Gasteiger partial charge in [-0.1, -0.05) is 42.5 Å². The normalized spacial score (nSPS) is 11.7. The van der Waals surface area contributed by atoms with Crippen LogP contribution in [0.3, 0.4) is 0 Å². The van der Waals surface area contributed by atoms with Gasteiger partial charge in [0, 0.05) is 18.5 Å².